The first-order valence-electron chi connectivity index (χ1n) is 10.3. The molecule has 3 amide bonds. The van der Waals surface area contributed by atoms with Crippen molar-refractivity contribution in [3.63, 3.8) is 0 Å². The number of rotatable bonds is 3. The Kier molecular flexibility index (Phi) is 4.96. The van der Waals surface area contributed by atoms with Gasteiger partial charge in [-0.3, -0.25) is 15.0 Å². The lowest BCUT2D eigenvalue weighted by atomic mass is 10.1. The van der Waals surface area contributed by atoms with Crippen molar-refractivity contribution in [2.75, 3.05) is 41.4 Å². The number of aromatic nitrogens is 2. The van der Waals surface area contributed by atoms with Crippen LogP contribution >= 0.6 is 0 Å². The number of ether oxygens (including phenoxy) is 1. The second-order valence-electron chi connectivity index (χ2n) is 7.80. The number of fused-ring (bicyclic) bond motifs is 4. The number of nitrogens with one attached hydrogen (secondary N) is 2. The van der Waals surface area contributed by atoms with E-state index in [2.05, 4.69) is 25.5 Å². The highest BCUT2D eigenvalue weighted by Crippen LogP contribution is 2.39. The third-order valence-electron chi connectivity index (χ3n) is 5.86. The van der Waals surface area contributed by atoms with E-state index in [0.717, 1.165) is 38.0 Å². The minimum absolute atomic E-state index is 0.0162. The molecule has 5 rings (SSSR count). The Morgan fingerprint density at radius 3 is 2.77 bits per heavy atom. The standard InChI is InChI=1S/C21H24N6O3/c28-20(23-14-7-11-30-12-8-14)16-4-5-17-19(24-16)27(15-6-10-26(17)13-15)21(29)25-18-3-1-2-9-22-18/h1-5,9,14-15H,6-8,10-13H2,(H,23,28)(H,22,25,29). The van der Waals surface area contributed by atoms with E-state index in [0.29, 0.717) is 30.5 Å². The Bertz CT molecular complexity index is 947. The van der Waals surface area contributed by atoms with E-state index in [9.17, 15) is 9.59 Å². The Morgan fingerprint density at radius 2 is 1.97 bits per heavy atom. The van der Waals surface area contributed by atoms with Gasteiger partial charge < -0.3 is 15.0 Å². The van der Waals surface area contributed by atoms with Gasteiger partial charge in [-0.05, 0) is 43.5 Å². The van der Waals surface area contributed by atoms with Gasteiger partial charge in [0, 0.05) is 38.5 Å². The summed E-state index contributed by atoms with van der Waals surface area (Å²) in [4.78, 5) is 38.6. The molecule has 3 aliphatic rings. The zero-order chi connectivity index (χ0) is 20.5. The minimum Gasteiger partial charge on any atom is -0.381 e. The molecule has 2 fully saturated rings. The molecule has 0 saturated carbocycles. The Morgan fingerprint density at radius 1 is 1.10 bits per heavy atom. The molecule has 2 aromatic rings. The molecule has 1 atom stereocenters. The van der Waals surface area contributed by atoms with Crippen molar-refractivity contribution in [2.24, 2.45) is 0 Å². The van der Waals surface area contributed by atoms with Crippen LogP contribution in [0.2, 0.25) is 0 Å². The van der Waals surface area contributed by atoms with E-state index in [4.69, 9.17) is 4.74 Å². The number of pyridine rings is 2. The molecule has 156 valence electrons. The van der Waals surface area contributed by atoms with E-state index in [1.54, 1.807) is 29.3 Å². The fourth-order valence-corrected chi connectivity index (χ4v) is 4.31. The molecule has 3 aliphatic heterocycles. The maximum Gasteiger partial charge on any atom is 0.329 e. The average Bonchev–Trinajstić information content (AvgIpc) is 3.19. The van der Waals surface area contributed by atoms with Gasteiger partial charge in [-0.15, -0.1) is 0 Å². The zero-order valence-electron chi connectivity index (χ0n) is 16.6. The van der Waals surface area contributed by atoms with E-state index in [1.165, 1.54) is 0 Å². The Labute approximate surface area is 174 Å². The summed E-state index contributed by atoms with van der Waals surface area (Å²) >= 11 is 0. The lowest BCUT2D eigenvalue weighted by molar-refractivity contribution is 0.0694. The maximum absolute atomic E-state index is 13.1. The third-order valence-corrected chi connectivity index (χ3v) is 5.86. The van der Waals surface area contributed by atoms with Gasteiger partial charge in [0.05, 0.1) is 11.7 Å². The smallest absolute Gasteiger partial charge is 0.329 e. The van der Waals surface area contributed by atoms with Crippen molar-refractivity contribution in [1.29, 1.82) is 0 Å². The van der Waals surface area contributed by atoms with Crippen LogP contribution in [0.25, 0.3) is 0 Å². The van der Waals surface area contributed by atoms with Crippen molar-refractivity contribution in [1.82, 2.24) is 15.3 Å². The lowest BCUT2D eigenvalue weighted by Crippen LogP contribution is -2.48. The highest BCUT2D eigenvalue weighted by molar-refractivity contribution is 6.05. The zero-order valence-corrected chi connectivity index (χ0v) is 16.6. The number of anilines is 3. The average molecular weight is 408 g/mol. The predicted molar refractivity (Wildman–Crippen MR) is 112 cm³/mol. The molecule has 2 aromatic heterocycles. The van der Waals surface area contributed by atoms with Gasteiger partial charge in [0.2, 0.25) is 0 Å². The van der Waals surface area contributed by atoms with E-state index in [1.807, 2.05) is 12.1 Å². The fourth-order valence-electron chi connectivity index (χ4n) is 4.31. The molecule has 0 spiro atoms. The van der Waals surface area contributed by atoms with Gasteiger partial charge in [0.1, 0.15) is 11.5 Å². The molecular weight excluding hydrogens is 384 g/mol. The van der Waals surface area contributed by atoms with Crippen LogP contribution in [-0.4, -0.2) is 60.3 Å². The van der Waals surface area contributed by atoms with Gasteiger partial charge in [-0.2, -0.15) is 0 Å². The third kappa shape index (κ3) is 3.56. The minimum atomic E-state index is -0.281. The molecule has 2 N–H and O–H groups in total. The van der Waals surface area contributed by atoms with Gasteiger partial charge in [0.15, 0.2) is 5.82 Å². The van der Waals surface area contributed by atoms with Gasteiger partial charge in [-0.1, -0.05) is 6.07 Å². The predicted octanol–water partition coefficient (Wildman–Crippen LogP) is 2.02. The van der Waals surface area contributed by atoms with E-state index < -0.39 is 0 Å². The molecule has 9 nitrogen and oxygen atoms in total. The first kappa shape index (κ1) is 18.8. The van der Waals surface area contributed by atoms with Crippen molar-refractivity contribution < 1.29 is 14.3 Å². The number of nitrogens with zero attached hydrogens (tertiary/aromatic N) is 4. The fraction of sp³-hybridized carbons (Fsp3) is 0.429. The van der Waals surface area contributed by atoms with E-state index in [-0.39, 0.29) is 24.0 Å². The number of carbonyl (C=O) groups is 2. The normalized spacial score (nSPS) is 20.6. The van der Waals surface area contributed by atoms with Crippen LogP contribution in [0, 0.1) is 0 Å². The number of hydrogen-bond donors (Lipinski definition) is 2. The van der Waals surface area contributed by atoms with Gasteiger partial charge >= 0.3 is 6.03 Å². The largest absolute Gasteiger partial charge is 0.381 e. The molecule has 2 bridgehead atoms. The molecule has 1 unspecified atom stereocenters. The van der Waals surface area contributed by atoms with Crippen LogP contribution in [0.15, 0.2) is 36.5 Å². The van der Waals surface area contributed by atoms with Crippen LogP contribution < -0.4 is 20.4 Å². The summed E-state index contributed by atoms with van der Waals surface area (Å²) in [7, 11) is 0. The maximum atomic E-state index is 13.1. The first-order chi connectivity index (χ1) is 14.7. The highest BCUT2D eigenvalue weighted by Gasteiger charge is 2.40. The summed E-state index contributed by atoms with van der Waals surface area (Å²) in [6, 6.07) is 8.82. The monoisotopic (exact) mass is 408 g/mol. The molecule has 5 heterocycles. The summed E-state index contributed by atoms with van der Waals surface area (Å²) < 4.78 is 5.35. The molecule has 0 aromatic carbocycles. The molecular formula is C21H24N6O3. The second-order valence-corrected chi connectivity index (χ2v) is 7.80. The van der Waals surface area contributed by atoms with E-state index >= 15 is 0 Å². The van der Waals surface area contributed by atoms with Crippen molar-refractivity contribution in [2.45, 2.75) is 31.3 Å². The summed E-state index contributed by atoms with van der Waals surface area (Å²) in [6.07, 6.45) is 4.08. The number of urea groups is 1. The van der Waals surface area contributed by atoms with Crippen molar-refractivity contribution >= 4 is 29.3 Å². The molecule has 0 radical (unpaired) electrons. The first-order valence-corrected chi connectivity index (χ1v) is 10.3. The summed E-state index contributed by atoms with van der Waals surface area (Å²) in [5.41, 5.74) is 1.20. The summed E-state index contributed by atoms with van der Waals surface area (Å²) in [5, 5.41) is 5.89. The number of carbonyl (C=O) groups excluding carboxylic acids is 2. The summed E-state index contributed by atoms with van der Waals surface area (Å²) in [5.74, 6) is 0.789. The molecule has 30 heavy (non-hydrogen) atoms. The Hall–Kier alpha value is -3.20. The lowest BCUT2D eigenvalue weighted by Gasteiger charge is -2.35. The molecule has 2 saturated heterocycles. The highest BCUT2D eigenvalue weighted by atomic mass is 16.5. The van der Waals surface area contributed by atoms with Crippen LogP contribution in [0.3, 0.4) is 0 Å². The van der Waals surface area contributed by atoms with Crippen LogP contribution in [0.5, 0.6) is 0 Å². The van der Waals surface area contributed by atoms with Crippen molar-refractivity contribution in [3.8, 4) is 0 Å². The van der Waals surface area contributed by atoms with Crippen LogP contribution in [-0.2, 0) is 4.74 Å². The SMILES string of the molecule is O=C(NC1CCOCC1)c1ccc2c(n1)N(C(=O)Nc1ccccn1)C1CCN2C1. The van der Waals surface area contributed by atoms with Crippen molar-refractivity contribution in [3.05, 3.63) is 42.2 Å². The molecule has 0 aliphatic carbocycles. The van der Waals surface area contributed by atoms with Gasteiger partial charge in [-0.25, -0.2) is 14.8 Å². The second kappa shape index (κ2) is 7.91. The number of amides is 3. The topological polar surface area (TPSA) is 99.7 Å². The summed E-state index contributed by atoms with van der Waals surface area (Å²) in [6.45, 7) is 2.93. The van der Waals surface area contributed by atoms with Gasteiger partial charge in [0.25, 0.3) is 5.91 Å². The Balaban J connectivity index is 1.41. The quantitative estimate of drug-likeness (QED) is 0.806. The van der Waals surface area contributed by atoms with Crippen LogP contribution in [0.4, 0.5) is 22.1 Å². The number of hydrogen-bond acceptors (Lipinski definition) is 6. The van der Waals surface area contributed by atoms with Crippen LogP contribution in [0.1, 0.15) is 29.8 Å². The molecule has 9 heteroatoms.